The molecule has 4 heteroatoms. The summed E-state index contributed by atoms with van der Waals surface area (Å²) >= 11 is 5.30. The second-order valence-electron chi connectivity index (χ2n) is 4.62. The fourth-order valence-electron chi connectivity index (χ4n) is 2.27. The molecule has 1 unspecified atom stereocenters. The van der Waals surface area contributed by atoms with Gasteiger partial charge in [-0.2, -0.15) is 0 Å². The van der Waals surface area contributed by atoms with Crippen molar-refractivity contribution in [2.24, 2.45) is 5.41 Å². The second-order valence-corrected chi connectivity index (χ2v) is 6.53. The summed E-state index contributed by atoms with van der Waals surface area (Å²) in [6.45, 7) is 6.78. The highest BCUT2D eigenvalue weighted by Gasteiger charge is 2.31. The quantitative estimate of drug-likeness (QED) is 0.874. The Hall–Kier alpha value is 0.1000. The number of hydrogen-bond donors (Lipinski definition) is 2. The van der Waals surface area contributed by atoms with Crippen molar-refractivity contribution < 1.29 is 0 Å². The molecule has 2 nitrogen and oxygen atoms in total. The summed E-state index contributed by atoms with van der Waals surface area (Å²) in [5, 5.41) is 9.21. The molecule has 2 N–H and O–H groups in total. The van der Waals surface area contributed by atoms with E-state index in [4.69, 9.17) is 0 Å². The topological polar surface area (TPSA) is 24.1 Å². The van der Waals surface area contributed by atoms with E-state index in [9.17, 15) is 0 Å². The van der Waals surface area contributed by atoms with E-state index in [1.54, 1.807) is 0 Å². The maximum Gasteiger partial charge on any atom is 0.0300 e. The Labute approximate surface area is 110 Å². The number of rotatable bonds is 5. The van der Waals surface area contributed by atoms with Crippen molar-refractivity contribution in [3.05, 3.63) is 20.8 Å². The lowest BCUT2D eigenvalue weighted by molar-refractivity contribution is 0.291. The monoisotopic (exact) mass is 302 g/mol. The number of halogens is 1. The molecule has 0 radical (unpaired) electrons. The van der Waals surface area contributed by atoms with Gasteiger partial charge in [0.15, 0.2) is 0 Å². The van der Waals surface area contributed by atoms with Gasteiger partial charge >= 0.3 is 0 Å². The van der Waals surface area contributed by atoms with Crippen LogP contribution in [0.5, 0.6) is 0 Å². The molecular formula is C12H19BrN2S. The summed E-state index contributed by atoms with van der Waals surface area (Å²) in [6.07, 6.45) is 2.58. The number of nitrogens with one attached hydrogen (secondary N) is 2. The fraction of sp³-hybridized carbons (Fsp3) is 0.667. The summed E-state index contributed by atoms with van der Waals surface area (Å²) in [5.41, 5.74) is 0.495. The zero-order valence-electron chi connectivity index (χ0n) is 9.68. The molecule has 2 rings (SSSR count). The molecule has 1 atom stereocenters. The Morgan fingerprint density at radius 1 is 1.62 bits per heavy atom. The van der Waals surface area contributed by atoms with Crippen molar-refractivity contribution in [2.75, 3.05) is 19.6 Å². The Balaban J connectivity index is 1.78. The number of hydrogen-bond acceptors (Lipinski definition) is 3. The standard InChI is InChI=1S/C12H19BrN2S/c1-2-12(3-4-14-8-12)9-15-6-11-5-10(13)7-16-11/h5,7,14-15H,2-4,6,8-9H2,1H3. The second kappa shape index (κ2) is 5.63. The van der Waals surface area contributed by atoms with Gasteiger partial charge in [0, 0.05) is 34.4 Å². The molecule has 1 fully saturated rings. The van der Waals surface area contributed by atoms with E-state index in [1.165, 1.54) is 35.3 Å². The van der Waals surface area contributed by atoms with Crippen LogP contribution in [0.15, 0.2) is 15.9 Å². The van der Waals surface area contributed by atoms with Crippen LogP contribution in [0.4, 0.5) is 0 Å². The highest BCUT2D eigenvalue weighted by atomic mass is 79.9. The van der Waals surface area contributed by atoms with Crippen molar-refractivity contribution in [3.8, 4) is 0 Å². The summed E-state index contributed by atoms with van der Waals surface area (Å²) in [7, 11) is 0. The normalized spacial score (nSPS) is 25.1. The van der Waals surface area contributed by atoms with Crippen molar-refractivity contribution >= 4 is 27.3 Å². The zero-order chi connectivity index (χ0) is 11.4. The predicted molar refractivity (Wildman–Crippen MR) is 73.9 cm³/mol. The molecule has 1 aliphatic rings. The van der Waals surface area contributed by atoms with Crippen LogP contribution in [0.2, 0.25) is 0 Å². The third kappa shape index (κ3) is 3.06. The fourth-order valence-corrected chi connectivity index (χ4v) is 3.69. The average Bonchev–Trinajstić information content (AvgIpc) is 2.89. The largest absolute Gasteiger partial charge is 0.316 e. The molecule has 2 heterocycles. The van der Waals surface area contributed by atoms with E-state index < -0.39 is 0 Å². The predicted octanol–water partition coefficient (Wildman–Crippen LogP) is 2.99. The van der Waals surface area contributed by atoms with Crippen molar-refractivity contribution in [1.29, 1.82) is 0 Å². The van der Waals surface area contributed by atoms with Crippen LogP contribution in [-0.2, 0) is 6.54 Å². The summed E-state index contributed by atoms with van der Waals surface area (Å²) in [4.78, 5) is 1.41. The van der Waals surface area contributed by atoms with E-state index in [2.05, 4.69) is 44.9 Å². The van der Waals surface area contributed by atoms with E-state index >= 15 is 0 Å². The van der Waals surface area contributed by atoms with Gasteiger partial charge in [-0.3, -0.25) is 0 Å². The molecule has 0 saturated carbocycles. The molecule has 0 amide bonds. The maximum absolute atomic E-state index is 3.60. The minimum absolute atomic E-state index is 0.495. The van der Waals surface area contributed by atoms with E-state index in [0.717, 1.165) is 13.1 Å². The van der Waals surface area contributed by atoms with Gasteiger partial charge in [-0.15, -0.1) is 11.3 Å². The van der Waals surface area contributed by atoms with Gasteiger partial charge in [0.1, 0.15) is 0 Å². The van der Waals surface area contributed by atoms with Crippen LogP contribution in [0.25, 0.3) is 0 Å². The third-order valence-corrected chi connectivity index (χ3v) is 5.20. The molecular weight excluding hydrogens is 284 g/mol. The molecule has 0 aromatic carbocycles. The van der Waals surface area contributed by atoms with Gasteiger partial charge in [-0.05, 0) is 46.8 Å². The Bertz CT molecular complexity index is 332. The molecule has 90 valence electrons. The summed E-state index contributed by atoms with van der Waals surface area (Å²) in [6, 6.07) is 2.20. The van der Waals surface area contributed by atoms with E-state index in [0.29, 0.717) is 5.41 Å². The maximum atomic E-state index is 3.60. The minimum Gasteiger partial charge on any atom is -0.316 e. The van der Waals surface area contributed by atoms with E-state index in [-0.39, 0.29) is 0 Å². The summed E-state index contributed by atoms with van der Waals surface area (Å²) < 4.78 is 1.20. The van der Waals surface area contributed by atoms with Crippen LogP contribution < -0.4 is 10.6 Å². The van der Waals surface area contributed by atoms with Crippen LogP contribution >= 0.6 is 27.3 Å². The molecule has 0 spiro atoms. The van der Waals surface area contributed by atoms with Gasteiger partial charge in [0.05, 0.1) is 0 Å². The first-order valence-electron chi connectivity index (χ1n) is 5.88. The smallest absolute Gasteiger partial charge is 0.0300 e. The molecule has 16 heavy (non-hydrogen) atoms. The lowest BCUT2D eigenvalue weighted by Gasteiger charge is -2.26. The molecule has 1 aromatic rings. The lowest BCUT2D eigenvalue weighted by atomic mass is 9.84. The van der Waals surface area contributed by atoms with Crippen LogP contribution in [0, 0.1) is 5.41 Å². The molecule has 0 aliphatic carbocycles. The molecule has 0 bridgehead atoms. The van der Waals surface area contributed by atoms with Crippen LogP contribution in [-0.4, -0.2) is 19.6 Å². The average molecular weight is 303 g/mol. The summed E-state index contributed by atoms with van der Waals surface area (Å²) in [5.74, 6) is 0. The molecule has 1 aromatic heterocycles. The first-order chi connectivity index (χ1) is 7.74. The van der Waals surface area contributed by atoms with Crippen molar-refractivity contribution in [3.63, 3.8) is 0 Å². The first kappa shape index (κ1) is 12.6. The Morgan fingerprint density at radius 2 is 2.50 bits per heavy atom. The van der Waals surface area contributed by atoms with Crippen molar-refractivity contribution in [1.82, 2.24) is 10.6 Å². The van der Waals surface area contributed by atoms with Gasteiger partial charge in [0.2, 0.25) is 0 Å². The zero-order valence-corrected chi connectivity index (χ0v) is 12.1. The minimum atomic E-state index is 0.495. The van der Waals surface area contributed by atoms with Gasteiger partial charge in [-0.1, -0.05) is 6.92 Å². The Morgan fingerprint density at radius 3 is 3.06 bits per heavy atom. The van der Waals surface area contributed by atoms with Crippen LogP contribution in [0.3, 0.4) is 0 Å². The SMILES string of the molecule is CCC1(CNCc2cc(Br)cs2)CCNC1. The van der Waals surface area contributed by atoms with Gasteiger partial charge < -0.3 is 10.6 Å². The molecule has 1 saturated heterocycles. The van der Waals surface area contributed by atoms with Gasteiger partial charge in [-0.25, -0.2) is 0 Å². The van der Waals surface area contributed by atoms with Crippen LogP contribution in [0.1, 0.15) is 24.6 Å². The Kier molecular flexibility index (Phi) is 4.41. The third-order valence-electron chi connectivity index (χ3n) is 3.50. The van der Waals surface area contributed by atoms with E-state index in [1.807, 2.05) is 11.3 Å². The van der Waals surface area contributed by atoms with Crippen molar-refractivity contribution in [2.45, 2.75) is 26.3 Å². The number of thiophene rings is 1. The lowest BCUT2D eigenvalue weighted by Crippen LogP contribution is -2.35. The first-order valence-corrected chi connectivity index (χ1v) is 7.56. The van der Waals surface area contributed by atoms with Gasteiger partial charge in [0.25, 0.3) is 0 Å². The highest BCUT2D eigenvalue weighted by molar-refractivity contribution is 9.10. The molecule has 1 aliphatic heterocycles. The highest BCUT2D eigenvalue weighted by Crippen LogP contribution is 2.28.